The van der Waals surface area contributed by atoms with Crippen molar-refractivity contribution in [1.29, 1.82) is 0 Å². The summed E-state index contributed by atoms with van der Waals surface area (Å²) >= 11 is 6.03. The maximum atomic E-state index is 13.1. The fraction of sp³-hybridized carbons (Fsp3) is 0.188. The Hall–Kier alpha value is -2.07. The highest BCUT2D eigenvalue weighted by Crippen LogP contribution is 2.30. The van der Waals surface area contributed by atoms with Crippen LogP contribution in [0.3, 0.4) is 0 Å². The molecule has 1 atom stereocenters. The fourth-order valence-corrected chi connectivity index (χ4v) is 2.64. The summed E-state index contributed by atoms with van der Waals surface area (Å²) in [5, 5.41) is 0.307. The Bertz CT molecular complexity index is 663. The van der Waals surface area contributed by atoms with Crippen molar-refractivity contribution in [3.63, 3.8) is 0 Å². The van der Waals surface area contributed by atoms with Crippen molar-refractivity contribution in [3.8, 4) is 0 Å². The lowest BCUT2D eigenvalue weighted by atomic mass is 10.1. The molecule has 2 aromatic rings. The number of halogens is 2. The maximum Gasteiger partial charge on any atom is 0.410 e. The molecule has 108 valence electrons. The minimum absolute atomic E-state index is 0.153. The summed E-state index contributed by atoms with van der Waals surface area (Å²) in [5.74, 6) is -0.396. The lowest BCUT2D eigenvalue weighted by Gasteiger charge is -2.22. The van der Waals surface area contributed by atoms with E-state index >= 15 is 0 Å². The third-order valence-electron chi connectivity index (χ3n) is 3.52. The Labute approximate surface area is 126 Å². The molecule has 0 saturated carbocycles. The molecule has 21 heavy (non-hydrogen) atoms. The van der Waals surface area contributed by atoms with Gasteiger partial charge in [0.1, 0.15) is 12.4 Å². The van der Waals surface area contributed by atoms with Gasteiger partial charge in [-0.3, -0.25) is 4.90 Å². The van der Waals surface area contributed by atoms with Crippen molar-refractivity contribution in [2.75, 3.05) is 6.61 Å². The normalized spacial score (nSPS) is 17.9. The van der Waals surface area contributed by atoms with Crippen LogP contribution in [0.2, 0.25) is 5.02 Å². The molecule has 2 aromatic carbocycles. The number of rotatable bonds is 3. The highest BCUT2D eigenvalue weighted by atomic mass is 35.5. The van der Waals surface area contributed by atoms with Crippen LogP contribution in [0.4, 0.5) is 9.18 Å². The van der Waals surface area contributed by atoms with E-state index in [0.717, 1.165) is 5.56 Å². The first-order valence-corrected chi connectivity index (χ1v) is 6.95. The van der Waals surface area contributed by atoms with Crippen LogP contribution >= 0.6 is 11.6 Å². The van der Waals surface area contributed by atoms with Gasteiger partial charge in [0, 0.05) is 5.02 Å². The predicted octanol–water partition coefficient (Wildman–Crippen LogP) is 4.17. The number of amides is 1. The smallest absolute Gasteiger partial charge is 0.410 e. The third-order valence-corrected chi connectivity index (χ3v) is 3.87. The van der Waals surface area contributed by atoms with Gasteiger partial charge in [0.05, 0.1) is 12.6 Å². The first-order valence-electron chi connectivity index (χ1n) is 6.57. The summed E-state index contributed by atoms with van der Waals surface area (Å²) in [6.45, 7) is 0.596. The Kier molecular flexibility index (Phi) is 3.80. The molecule has 0 radical (unpaired) electrons. The van der Waals surface area contributed by atoms with Crippen LogP contribution in [-0.2, 0) is 11.3 Å². The Morgan fingerprint density at radius 3 is 2.71 bits per heavy atom. The van der Waals surface area contributed by atoms with Crippen molar-refractivity contribution in [2.24, 2.45) is 0 Å². The number of nitrogens with zero attached hydrogens (tertiary/aromatic N) is 1. The topological polar surface area (TPSA) is 29.5 Å². The first kappa shape index (κ1) is 13.9. The molecule has 1 fully saturated rings. The monoisotopic (exact) mass is 305 g/mol. The van der Waals surface area contributed by atoms with Crippen molar-refractivity contribution in [3.05, 3.63) is 70.5 Å². The van der Waals surface area contributed by atoms with Crippen LogP contribution in [0.5, 0.6) is 0 Å². The molecule has 1 amide bonds. The Balaban J connectivity index is 1.86. The number of ether oxygens (including phenoxy) is 1. The number of hydrogen-bond donors (Lipinski definition) is 0. The number of carbonyl (C=O) groups is 1. The second-order valence-electron chi connectivity index (χ2n) is 4.87. The van der Waals surface area contributed by atoms with Crippen molar-refractivity contribution in [1.82, 2.24) is 4.90 Å². The van der Waals surface area contributed by atoms with E-state index in [2.05, 4.69) is 0 Å². The summed E-state index contributed by atoms with van der Waals surface area (Å²) < 4.78 is 18.2. The zero-order valence-corrected chi connectivity index (χ0v) is 11.9. The highest BCUT2D eigenvalue weighted by Gasteiger charge is 2.34. The van der Waals surface area contributed by atoms with E-state index in [0.29, 0.717) is 17.2 Å². The average molecular weight is 306 g/mol. The minimum atomic E-state index is -0.396. The molecule has 1 aliphatic rings. The van der Waals surface area contributed by atoms with Gasteiger partial charge in [-0.25, -0.2) is 9.18 Å². The summed E-state index contributed by atoms with van der Waals surface area (Å²) in [6, 6.07) is 13.7. The molecule has 3 nitrogen and oxygen atoms in total. The SMILES string of the molecule is O=C1OCC(c2ccccc2)N1Cc1ccc(F)cc1Cl. The van der Waals surface area contributed by atoms with Gasteiger partial charge in [-0.1, -0.05) is 48.0 Å². The van der Waals surface area contributed by atoms with Crippen LogP contribution in [0.25, 0.3) is 0 Å². The average Bonchev–Trinajstić information content (AvgIpc) is 2.84. The first-order chi connectivity index (χ1) is 10.1. The van der Waals surface area contributed by atoms with Crippen LogP contribution < -0.4 is 0 Å². The van der Waals surface area contributed by atoms with E-state index in [1.807, 2.05) is 30.3 Å². The Morgan fingerprint density at radius 2 is 2.00 bits per heavy atom. The Morgan fingerprint density at radius 1 is 1.24 bits per heavy atom. The summed E-state index contributed by atoms with van der Waals surface area (Å²) in [7, 11) is 0. The molecule has 0 aromatic heterocycles. The lowest BCUT2D eigenvalue weighted by Crippen LogP contribution is -2.27. The number of carbonyl (C=O) groups excluding carboxylic acids is 1. The molecule has 0 N–H and O–H groups in total. The zero-order valence-electron chi connectivity index (χ0n) is 11.1. The molecule has 5 heteroatoms. The second-order valence-corrected chi connectivity index (χ2v) is 5.27. The van der Waals surface area contributed by atoms with E-state index in [9.17, 15) is 9.18 Å². The van der Waals surface area contributed by atoms with Crippen molar-refractivity contribution < 1.29 is 13.9 Å². The number of benzene rings is 2. The van der Waals surface area contributed by atoms with Crippen molar-refractivity contribution in [2.45, 2.75) is 12.6 Å². The van der Waals surface area contributed by atoms with Gasteiger partial charge in [-0.2, -0.15) is 0 Å². The predicted molar refractivity (Wildman–Crippen MR) is 77.5 cm³/mol. The number of hydrogen-bond acceptors (Lipinski definition) is 2. The van der Waals surface area contributed by atoms with E-state index in [1.54, 1.807) is 11.0 Å². The van der Waals surface area contributed by atoms with E-state index in [4.69, 9.17) is 16.3 Å². The van der Waals surface area contributed by atoms with Gasteiger partial charge >= 0.3 is 6.09 Å². The molecule has 0 spiro atoms. The van der Waals surface area contributed by atoms with Crippen LogP contribution in [0, 0.1) is 5.82 Å². The van der Waals surface area contributed by atoms with Gasteiger partial charge in [-0.05, 0) is 23.3 Å². The molecule has 1 saturated heterocycles. The maximum absolute atomic E-state index is 13.1. The van der Waals surface area contributed by atoms with E-state index in [-0.39, 0.29) is 18.7 Å². The molecule has 0 bridgehead atoms. The molecular weight excluding hydrogens is 293 g/mol. The van der Waals surface area contributed by atoms with Gasteiger partial charge in [-0.15, -0.1) is 0 Å². The fourth-order valence-electron chi connectivity index (χ4n) is 2.41. The molecule has 0 aliphatic carbocycles. The highest BCUT2D eigenvalue weighted by molar-refractivity contribution is 6.31. The van der Waals surface area contributed by atoms with Crippen LogP contribution in [0.15, 0.2) is 48.5 Å². The molecule has 1 unspecified atom stereocenters. The third kappa shape index (κ3) is 2.85. The van der Waals surface area contributed by atoms with Gasteiger partial charge in [0.15, 0.2) is 0 Å². The summed E-state index contributed by atoms with van der Waals surface area (Å²) in [5.41, 5.74) is 1.69. The second kappa shape index (κ2) is 5.74. The van der Waals surface area contributed by atoms with Crippen molar-refractivity contribution >= 4 is 17.7 Å². The van der Waals surface area contributed by atoms with Gasteiger partial charge in [0.2, 0.25) is 0 Å². The molecule has 1 aliphatic heterocycles. The van der Waals surface area contributed by atoms with E-state index < -0.39 is 5.82 Å². The van der Waals surface area contributed by atoms with E-state index in [1.165, 1.54) is 12.1 Å². The number of cyclic esters (lactones) is 1. The molecular formula is C16H13ClFNO2. The summed E-state index contributed by atoms with van der Waals surface area (Å²) in [4.78, 5) is 13.5. The van der Waals surface area contributed by atoms with Crippen LogP contribution in [-0.4, -0.2) is 17.6 Å². The standard InChI is InChI=1S/C16H13ClFNO2/c17-14-8-13(18)7-6-12(14)9-19-15(10-21-16(19)20)11-4-2-1-3-5-11/h1-8,15H,9-10H2. The molecule has 1 heterocycles. The van der Waals surface area contributed by atoms with Crippen LogP contribution in [0.1, 0.15) is 17.2 Å². The minimum Gasteiger partial charge on any atom is -0.447 e. The zero-order chi connectivity index (χ0) is 14.8. The van der Waals surface area contributed by atoms with Gasteiger partial charge < -0.3 is 4.74 Å². The molecule has 3 rings (SSSR count). The van der Waals surface area contributed by atoms with Gasteiger partial charge in [0.25, 0.3) is 0 Å². The summed E-state index contributed by atoms with van der Waals surface area (Å²) in [6.07, 6.45) is -0.385. The largest absolute Gasteiger partial charge is 0.447 e. The quantitative estimate of drug-likeness (QED) is 0.851. The lowest BCUT2D eigenvalue weighted by molar-refractivity contribution is 0.156.